The van der Waals surface area contributed by atoms with Crippen molar-refractivity contribution < 1.29 is 10.2 Å². The van der Waals surface area contributed by atoms with Gasteiger partial charge in [-0.05, 0) is 57.1 Å². The van der Waals surface area contributed by atoms with Crippen LogP contribution in [0.2, 0.25) is 0 Å². The van der Waals surface area contributed by atoms with E-state index in [9.17, 15) is 10.2 Å². The van der Waals surface area contributed by atoms with E-state index in [1.807, 2.05) is 12.2 Å². The van der Waals surface area contributed by atoms with Gasteiger partial charge in [0.05, 0.1) is 0 Å². The van der Waals surface area contributed by atoms with E-state index in [2.05, 4.69) is 35.8 Å². The topological polar surface area (TPSA) is 40.5 Å². The van der Waals surface area contributed by atoms with Crippen molar-refractivity contribution in [3.05, 3.63) is 36.5 Å². The monoisotopic (exact) mass is 436 g/mol. The number of hydrogen-bond donors (Lipinski definition) is 2. The molecule has 0 saturated carbocycles. The highest BCUT2D eigenvalue weighted by molar-refractivity contribution is 5.07. The maximum Gasteiger partial charge on any atom is 0.133 e. The summed E-state index contributed by atoms with van der Waals surface area (Å²) in [6.45, 7) is 0. The van der Waals surface area contributed by atoms with E-state index in [0.29, 0.717) is 0 Å². The van der Waals surface area contributed by atoms with Crippen molar-refractivity contribution in [2.45, 2.75) is 115 Å². The smallest absolute Gasteiger partial charge is 0.133 e. The highest BCUT2D eigenvalue weighted by Gasteiger charge is 1.93. The summed E-state index contributed by atoms with van der Waals surface area (Å²) in [6.07, 6.45) is 39.2. The molecule has 0 heterocycles. The molecule has 0 bridgehead atoms. The van der Waals surface area contributed by atoms with Crippen molar-refractivity contribution in [1.82, 2.24) is 0 Å². The third-order valence-corrected chi connectivity index (χ3v) is 5.15. The fourth-order valence-electron chi connectivity index (χ4n) is 3.22. The predicted octanol–water partition coefficient (Wildman–Crippen LogP) is 6.89. The first-order chi connectivity index (χ1) is 15.7. The van der Waals surface area contributed by atoms with Gasteiger partial charge in [0, 0.05) is 12.8 Å². The second-order valence-electron chi connectivity index (χ2n) is 8.11. The molecule has 0 amide bonds. The molecule has 0 radical (unpaired) electrons. The van der Waals surface area contributed by atoms with Crippen molar-refractivity contribution >= 4 is 0 Å². The van der Waals surface area contributed by atoms with Gasteiger partial charge < -0.3 is 10.2 Å². The standard InChI is InChI=1S/C30H44O2/c1-3-29(31)27-25-23-21-19-17-15-13-11-9-7-5-6-8-10-12-14-16-18-20-22-24-26-28-30(32)4-2/h1-2,5-6,25-32H,7-9,11,13-24H2/b6-5-,27-25+,28-26+/t29-,30?/m0/s1. The summed E-state index contributed by atoms with van der Waals surface area (Å²) in [6, 6.07) is 0. The summed E-state index contributed by atoms with van der Waals surface area (Å²) >= 11 is 0. The molecule has 2 N–H and O–H groups in total. The van der Waals surface area contributed by atoms with Crippen molar-refractivity contribution in [2.24, 2.45) is 0 Å². The Kier molecular flexibility index (Phi) is 23.4. The summed E-state index contributed by atoms with van der Waals surface area (Å²) in [7, 11) is 0. The Morgan fingerprint density at radius 1 is 0.531 bits per heavy atom. The molecule has 0 aromatic rings. The van der Waals surface area contributed by atoms with Gasteiger partial charge in [-0.3, -0.25) is 0 Å². The molecule has 0 aliphatic rings. The SMILES string of the molecule is C#CC(O)/C=C/CCCCCCC#CC/C=C\CCCCCCCCC/C=C/[C@@H](O)C#C. The average molecular weight is 437 g/mol. The normalized spacial score (nSPS) is 13.1. The Bertz CT molecular complexity index is 645. The Morgan fingerprint density at radius 2 is 0.969 bits per heavy atom. The molecule has 0 spiro atoms. The highest BCUT2D eigenvalue weighted by Crippen LogP contribution is 2.10. The van der Waals surface area contributed by atoms with Crippen LogP contribution in [0.5, 0.6) is 0 Å². The van der Waals surface area contributed by atoms with Gasteiger partial charge in [-0.15, -0.1) is 18.8 Å². The van der Waals surface area contributed by atoms with Crippen molar-refractivity contribution in [2.75, 3.05) is 0 Å². The van der Waals surface area contributed by atoms with Crippen molar-refractivity contribution in [1.29, 1.82) is 0 Å². The Labute approximate surface area is 198 Å². The molecule has 0 fully saturated rings. The molecule has 2 atom stereocenters. The minimum Gasteiger partial charge on any atom is -0.377 e. The van der Waals surface area contributed by atoms with Crippen LogP contribution in [-0.4, -0.2) is 22.4 Å². The number of rotatable bonds is 19. The first kappa shape index (κ1) is 29.8. The molecular formula is C30H44O2. The van der Waals surface area contributed by atoms with Crippen LogP contribution in [0.25, 0.3) is 0 Å². The molecular weight excluding hydrogens is 392 g/mol. The summed E-state index contributed by atoms with van der Waals surface area (Å²) in [4.78, 5) is 0. The number of aliphatic hydroxyl groups excluding tert-OH is 2. The zero-order chi connectivity index (χ0) is 23.5. The van der Waals surface area contributed by atoms with Crippen LogP contribution in [0, 0.1) is 36.5 Å². The highest BCUT2D eigenvalue weighted by atomic mass is 16.3. The van der Waals surface area contributed by atoms with E-state index >= 15 is 0 Å². The van der Waals surface area contributed by atoms with Crippen molar-refractivity contribution in [3.63, 3.8) is 0 Å². The summed E-state index contributed by atoms with van der Waals surface area (Å²) < 4.78 is 0. The van der Waals surface area contributed by atoms with E-state index in [4.69, 9.17) is 12.8 Å². The predicted molar refractivity (Wildman–Crippen MR) is 139 cm³/mol. The Hall–Kier alpha value is -2.18. The second-order valence-corrected chi connectivity index (χ2v) is 8.11. The molecule has 32 heavy (non-hydrogen) atoms. The fourth-order valence-corrected chi connectivity index (χ4v) is 3.22. The lowest BCUT2D eigenvalue weighted by molar-refractivity contribution is 0.280. The Balaban J connectivity index is 3.33. The molecule has 0 saturated heterocycles. The van der Waals surface area contributed by atoms with Gasteiger partial charge in [0.1, 0.15) is 12.2 Å². The third kappa shape index (κ3) is 24.1. The second kappa shape index (κ2) is 25.1. The summed E-state index contributed by atoms with van der Waals surface area (Å²) in [5.74, 6) is 11.1. The zero-order valence-electron chi connectivity index (χ0n) is 20.0. The first-order valence-corrected chi connectivity index (χ1v) is 12.4. The van der Waals surface area contributed by atoms with E-state index < -0.39 is 12.2 Å². The molecule has 1 unspecified atom stereocenters. The van der Waals surface area contributed by atoms with Crippen LogP contribution in [0.4, 0.5) is 0 Å². The van der Waals surface area contributed by atoms with E-state index in [1.165, 1.54) is 64.2 Å². The van der Waals surface area contributed by atoms with E-state index in [-0.39, 0.29) is 0 Å². The van der Waals surface area contributed by atoms with Gasteiger partial charge in [-0.2, -0.15) is 0 Å². The van der Waals surface area contributed by atoms with Crippen LogP contribution in [0.3, 0.4) is 0 Å². The quantitative estimate of drug-likeness (QED) is 0.131. The molecule has 2 nitrogen and oxygen atoms in total. The van der Waals surface area contributed by atoms with E-state index in [0.717, 1.165) is 38.5 Å². The van der Waals surface area contributed by atoms with Gasteiger partial charge in [-0.25, -0.2) is 0 Å². The molecule has 2 heteroatoms. The number of allylic oxidation sites excluding steroid dienone is 4. The number of hydrogen-bond acceptors (Lipinski definition) is 2. The van der Waals surface area contributed by atoms with Crippen LogP contribution in [0.1, 0.15) is 103 Å². The number of terminal acetylenes is 2. The summed E-state index contributed by atoms with van der Waals surface area (Å²) in [5.41, 5.74) is 0. The summed E-state index contributed by atoms with van der Waals surface area (Å²) in [5, 5.41) is 18.4. The van der Waals surface area contributed by atoms with Gasteiger partial charge in [0.2, 0.25) is 0 Å². The van der Waals surface area contributed by atoms with Gasteiger partial charge in [-0.1, -0.05) is 87.0 Å². The van der Waals surface area contributed by atoms with Crippen LogP contribution < -0.4 is 0 Å². The first-order valence-electron chi connectivity index (χ1n) is 12.4. The fraction of sp³-hybridized carbons (Fsp3) is 0.600. The number of aliphatic hydroxyl groups is 2. The maximum atomic E-state index is 9.20. The van der Waals surface area contributed by atoms with Crippen molar-refractivity contribution in [3.8, 4) is 36.5 Å². The van der Waals surface area contributed by atoms with Gasteiger partial charge in [0.15, 0.2) is 0 Å². The third-order valence-electron chi connectivity index (χ3n) is 5.15. The Morgan fingerprint density at radius 3 is 1.47 bits per heavy atom. The lowest BCUT2D eigenvalue weighted by Gasteiger charge is -2.00. The van der Waals surface area contributed by atoms with Gasteiger partial charge in [0.25, 0.3) is 0 Å². The van der Waals surface area contributed by atoms with Crippen LogP contribution >= 0.6 is 0 Å². The molecule has 176 valence electrons. The minimum absolute atomic E-state index is 0.729. The van der Waals surface area contributed by atoms with E-state index in [1.54, 1.807) is 12.2 Å². The lowest BCUT2D eigenvalue weighted by Crippen LogP contribution is -1.95. The zero-order valence-corrected chi connectivity index (χ0v) is 20.0. The average Bonchev–Trinajstić information content (AvgIpc) is 2.81. The number of unbranched alkanes of at least 4 members (excludes halogenated alkanes) is 13. The molecule has 0 aliphatic carbocycles. The molecule has 0 rings (SSSR count). The molecule has 0 aromatic carbocycles. The van der Waals surface area contributed by atoms with Crippen LogP contribution in [0.15, 0.2) is 36.5 Å². The maximum absolute atomic E-state index is 9.20. The largest absolute Gasteiger partial charge is 0.377 e. The molecule has 0 aliphatic heterocycles. The lowest BCUT2D eigenvalue weighted by atomic mass is 10.1. The minimum atomic E-state index is -0.740. The van der Waals surface area contributed by atoms with Gasteiger partial charge >= 0.3 is 0 Å². The van der Waals surface area contributed by atoms with Crippen LogP contribution in [-0.2, 0) is 0 Å². The molecule has 0 aromatic heterocycles.